The van der Waals surface area contributed by atoms with Gasteiger partial charge in [0.2, 0.25) is 0 Å². The Bertz CT molecular complexity index is 467. The topological polar surface area (TPSA) is 40.5 Å². The second-order valence-corrected chi connectivity index (χ2v) is 5.76. The van der Waals surface area contributed by atoms with E-state index in [1.165, 1.54) is 12.1 Å². The van der Waals surface area contributed by atoms with Gasteiger partial charge in [-0.15, -0.1) is 0 Å². The molecule has 3 nitrogen and oxygen atoms in total. The molecule has 1 unspecified atom stereocenters. The highest BCUT2D eigenvalue weighted by Gasteiger charge is 2.27. The Morgan fingerprint density at radius 3 is 2.95 bits per heavy atom. The van der Waals surface area contributed by atoms with Crippen LogP contribution in [0.15, 0.2) is 22.7 Å². The van der Waals surface area contributed by atoms with E-state index in [2.05, 4.69) is 15.9 Å². The molecule has 0 amide bonds. The van der Waals surface area contributed by atoms with E-state index in [9.17, 15) is 14.3 Å². The smallest absolute Gasteiger partial charge is 0.320 e. The molecule has 5 heteroatoms. The highest BCUT2D eigenvalue weighted by molar-refractivity contribution is 9.10. The number of carbonyl (C=O) groups is 1. The predicted octanol–water partition coefficient (Wildman–Crippen LogP) is 3.42. The predicted molar refractivity (Wildman–Crippen MR) is 74.4 cm³/mol. The minimum absolute atomic E-state index is 0.292. The van der Waals surface area contributed by atoms with Crippen molar-refractivity contribution in [1.29, 1.82) is 0 Å². The van der Waals surface area contributed by atoms with Gasteiger partial charge in [-0.2, -0.15) is 0 Å². The molecule has 1 N–H and O–H groups in total. The van der Waals surface area contributed by atoms with Crippen molar-refractivity contribution in [3.05, 3.63) is 34.1 Å². The SMILES string of the molecule is O=C(O)C1CCCCCN1Cc1cc(F)ccc1Br. The van der Waals surface area contributed by atoms with E-state index in [0.717, 1.165) is 35.8 Å². The molecule has 1 heterocycles. The Hall–Kier alpha value is -0.940. The maximum absolute atomic E-state index is 13.3. The molecule has 1 aromatic rings. The number of aliphatic carboxylic acids is 1. The van der Waals surface area contributed by atoms with E-state index in [0.29, 0.717) is 13.0 Å². The fourth-order valence-corrected chi connectivity index (χ4v) is 2.89. The van der Waals surface area contributed by atoms with Crippen LogP contribution in [-0.4, -0.2) is 28.6 Å². The van der Waals surface area contributed by atoms with Gasteiger partial charge in [-0.1, -0.05) is 28.8 Å². The van der Waals surface area contributed by atoms with Crippen LogP contribution in [0, 0.1) is 5.82 Å². The second kappa shape index (κ2) is 6.48. The number of nitrogens with zero attached hydrogens (tertiary/aromatic N) is 1. The quantitative estimate of drug-likeness (QED) is 0.923. The molecule has 1 aliphatic rings. The number of carboxylic acids is 1. The van der Waals surface area contributed by atoms with E-state index in [1.54, 1.807) is 6.07 Å². The van der Waals surface area contributed by atoms with Crippen LogP contribution in [0.5, 0.6) is 0 Å². The molecule has 19 heavy (non-hydrogen) atoms. The number of likely N-dealkylation sites (tertiary alicyclic amines) is 1. The number of hydrogen-bond acceptors (Lipinski definition) is 2. The summed E-state index contributed by atoms with van der Waals surface area (Å²) in [6.45, 7) is 1.22. The minimum atomic E-state index is -0.783. The van der Waals surface area contributed by atoms with E-state index in [4.69, 9.17) is 0 Å². The molecule has 1 aliphatic heterocycles. The first-order valence-corrected chi connectivity index (χ1v) is 7.28. The van der Waals surface area contributed by atoms with E-state index < -0.39 is 12.0 Å². The first kappa shape index (κ1) is 14.5. The Labute approximate surface area is 120 Å². The molecule has 0 aliphatic carbocycles. The van der Waals surface area contributed by atoms with Crippen LogP contribution in [0.1, 0.15) is 31.2 Å². The Morgan fingerprint density at radius 1 is 1.42 bits per heavy atom. The third-order valence-corrected chi connectivity index (χ3v) is 4.30. The summed E-state index contributed by atoms with van der Waals surface area (Å²) in [6, 6.07) is 4.06. The van der Waals surface area contributed by atoms with Gasteiger partial charge >= 0.3 is 5.97 Å². The lowest BCUT2D eigenvalue weighted by Crippen LogP contribution is -2.40. The normalized spacial score (nSPS) is 21.1. The van der Waals surface area contributed by atoms with Crippen molar-refractivity contribution in [2.75, 3.05) is 6.54 Å². The minimum Gasteiger partial charge on any atom is -0.480 e. The van der Waals surface area contributed by atoms with Gasteiger partial charge in [0, 0.05) is 11.0 Å². The third-order valence-electron chi connectivity index (χ3n) is 3.53. The summed E-state index contributed by atoms with van der Waals surface area (Å²) in [5.41, 5.74) is 0.799. The lowest BCUT2D eigenvalue weighted by Gasteiger charge is -2.27. The Balaban J connectivity index is 2.18. The van der Waals surface area contributed by atoms with Crippen molar-refractivity contribution in [3.8, 4) is 0 Å². The summed E-state index contributed by atoms with van der Waals surface area (Å²) in [4.78, 5) is 13.3. The number of rotatable bonds is 3. The highest BCUT2D eigenvalue weighted by Crippen LogP contribution is 2.24. The monoisotopic (exact) mass is 329 g/mol. The third kappa shape index (κ3) is 3.76. The fraction of sp³-hybridized carbons (Fsp3) is 0.500. The fourth-order valence-electron chi connectivity index (χ4n) is 2.52. The zero-order valence-electron chi connectivity index (χ0n) is 10.6. The summed E-state index contributed by atoms with van der Waals surface area (Å²) in [5, 5.41) is 9.31. The largest absolute Gasteiger partial charge is 0.480 e. The Kier molecular flexibility index (Phi) is 4.93. The summed E-state index contributed by atoms with van der Waals surface area (Å²) in [6.07, 6.45) is 3.67. The van der Waals surface area contributed by atoms with Gasteiger partial charge in [-0.3, -0.25) is 9.69 Å². The van der Waals surface area contributed by atoms with Gasteiger partial charge in [0.15, 0.2) is 0 Å². The van der Waals surface area contributed by atoms with Crippen molar-refractivity contribution in [3.63, 3.8) is 0 Å². The molecular formula is C14H17BrFNO2. The second-order valence-electron chi connectivity index (χ2n) is 4.91. The summed E-state index contributed by atoms with van der Waals surface area (Å²) >= 11 is 3.39. The molecule has 1 saturated heterocycles. The maximum Gasteiger partial charge on any atom is 0.320 e. The van der Waals surface area contributed by atoms with Crippen molar-refractivity contribution in [1.82, 2.24) is 4.90 Å². The molecule has 0 spiro atoms. The molecule has 1 aromatic carbocycles. The van der Waals surface area contributed by atoms with Crippen LogP contribution in [0.25, 0.3) is 0 Å². The first-order valence-electron chi connectivity index (χ1n) is 6.48. The molecule has 1 atom stereocenters. The summed E-state index contributed by atoms with van der Waals surface area (Å²) in [7, 11) is 0. The van der Waals surface area contributed by atoms with Gasteiger partial charge in [-0.25, -0.2) is 4.39 Å². The van der Waals surface area contributed by atoms with Crippen molar-refractivity contribution in [2.24, 2.45) is 0 Å². The van der Waals surface area contributed by atoms with Crippen LogP contribution in [0.3, 0.4) is 0 Å². The van der Waals surface area contributed by atoms with Crippen molar-refractivity contribution < 1.29 is 14.3 Å². The molecule has 1 fully saturated rings. The molecule has 104 valence electrons. The zero-order valence-corrected chi connectivity index (χ0v) is 12.2. The van der Waals surface area contributed by atoms with Gasteiger partial charge in [-0.05, 0) is 43.1 Å². The lowest BCUT2D eigenvalue weighted by atomic mass is 10.1. The van der Waals surface area contributed by atoms with Gasteiger partial charge < -0.3 is 5.11 Å². The summed E-state index contributed by atoms with van der Waals surface area (Å²) in [5.74, 6) is -1.07. The average Bonchev–Trinajstić information content (AvgIpc) is 2.59. The van der Waals surface area contributed by atoms with Crippen LogP contribution in [-0.2, 0) is 11.3 Å². The first-order chi connectivity index (χ1) is 9.08. The number of carboxylic acid groups (broad SMARTS) is 1. The highest BCUT2D eigenvalue weighted by atomic mass is 79.9. The van der Waals surface area contributed by atoms with Gasteiger partial charge in [0.25, 0.3) is 0 Å². The average molecular weight is 330 g/mol. The van der Waals surface area contributed by atoms with Crippen molar-refractivity contribution in [2.45, 2.75) is 38.3 Å². The molecule has 0 bridgehead atoms. The van der Waals surface area contributed by atoms with Gasteiger partial charge in [0.05, 0.1) is 0 Å². The number of benzene rings is 1. The van der Waals surface area contributed by atoms with Crippen LogP contribution in [0.2, 0.25) is 0 Å². The molecule has 0 aromatic heterocycles. The van der Waals surface area contributed by atoms with Crippen molar-refractivity contribution >= 4 is 21.9 Å². The molecule has 0 radical (unpaired) electrons. The van der Waals surface area contributed by atoms with E-state index in [1.807, 2.05) is 4.90 Å². The zero-order chi connectivity index (χ0) is 13.8. The van der Waals surface area contributed by atoms with Crippen LogP contribution < -0.4 is 0 Å². The maximum atomic E-state index is 13.3. The molecule has 0 saturated carbocycles. The van der Waals surface area contributed by atoms with Crippen LogP contribution >= 0.6 is 15.9 Å². The standard InChI is InChI=1S/C14H17BrFNO2/c15-12-6-5-11(16)8-10(12)9-17-7-3-1-2-4-13(17)14(18)19/h5-6,8,13H,1-4,7,9H2,(H,18,19). The summed E-state index contributed by atoms with van der Waals surface area (Å²) < 4.78 is 14.1. The number of halogens is 2. The van der Waals surface area contributed by atoms with Gasteiger partial charge in [0.1, 0.15) is 11.9 Å². The number of hydrogen-bond donors (Lipinski definition) is 1. The van der Waals surface area contributed by atoms with Crippen LogP contribution in [0.4, 0.5) is 4.39 Å². The molecular weight excluding hydrogens is 313 g/mol. The van der Waals surface area contributed by atoms with E-state index in [-0.39, 0.29) is 5.82 Å². The molecule has 2 rings (SSSR count). The lowest BCUT2D eigenvalue weighted by molar-refractivity contribution is -0.143. The Morgan fingerprint density at radius 2 is 2.21 bits per heavy atom. The van der Waals surface area contributed by atoms with E-state index >= 15 is 0 Å².